The Morgan fingerprint density at radius 3 is 2.46 bits per heavy atom. The van der Waals surface area contributed by atoms with Crippen LogP contribution in [-0.4, -0.2) is 25.0 Å². The van der Waals surface area contributed by atoms with Gasteiger partial charge in [0.15, 0.2) is 0 Å². The molecule has 0 radical (unpaired) electrons. The molecule has 28 heavy (non-hydrogen) atoms. The van der Waals surface area contributed by atoms with Gasteiger partial charge in [0, 0.05) is 13.0 Å². The molecule has 2 amide bonds. The molecule has 3 rings (SSSR count). The van der Waals surface area contributed by atoms with Gasteiger partial charge < -0.3 is 15.0 Å². The summed E-state index contributed by atoms with van der Waals surface area (Å²) in [6.45, 7) is 7.49. The minimum absolute atomic E-state index is 0.0997. The Bertz CT molecular complexity index is 838. The molecule has 0 aliphatic carbocycles. The van der Waals surface area contributed by atoms with Gasteiger partial charge in [-0.3, -0.25) is 9.59 Å². The van der Waals surface area contributed by atoms with Gasteiger partial charge in [0.2, 0.25) is 11.8 Å². The molecule has 0 aromatic heterocycles. The lowest BCUT2D eigenvalue weighted by molar-refractivity contribution is -0.117. The number of nitrogens with zero attached hydrogens (tertiary/aromatic N) is 1. The van der Waals surface area contributed by atoms with Crippen LogP contribution in [0.5, 0.6) is 5.75 Å². The number of ether oxygens (including phenoxy) is 1. The van der Waals surface area contributed by atoms with Crippen molar-refractivity contribution in [3.63, 3.8) is 0 Å². The van der Waals surface area contributed by atoms with E-state index < -0.39 is 0 Å². The molecule has 2 aromatic carbocycles. The highest BCUT2D eigenvalue weighted by Gasteiger charge is 2.24. The lowest BCUT2D eigenvalue weighted by atomic mass is 9.87. The Morgan fingerprint density at radius 2 is 1.82 bits per heavy atom. The average Bonchev–Trinajstić information content (AvgIpc) is 3.08. The van der Waals surface area contributed by atoms with Crippen molar-refractivity contribution in [1.82, 2.24) is 0 Å². The maximum Gasteiger partial charge on any atom is 0.227 e. The molecule has 0 saturated carbocycles. The second kappa shape index (κ2) is 8.46. The van der Waals surface area contributed by atoms with Crippen LogP contribution in [0.1, 0.15) is 45.6 Å². The first-order valence-corrected chi connectivity index (χ1v) is 9.77. The highest BCUT2D eigenvalue weighted by atomic mass is 16.5. The minimum Gasteiger partial charge on any atom is -0.493 e. The van der Waals surface area contributed by atoms with Crippen molar-refractivity contribution in [2.24, 2.45) is 0 Å². The first-order chi connectivity index (χ1) is 13.3. The molecule has 148 valence electrons. The van der Waals surface area contributed by atoms with E-state index in [4.69, 9.17) is 4.74 Å². The summed E-state index contributed by atoms with van der Waals surface area (Å²) in [5, 5.41) is 2.91. The summed E-state index contributed by atoms with van der Waals surface area (Å²) in [5.74, 6) is 0.720. The third-order valence-corrected chi connectivity index (χ3v) is 4.86. The molecular formula is C23H28N2O3. The Labute approximate surface area is 166 Å². The van der Waals surface area contributed by atoms with Gasteiger partial charge in [0.05, 0.1) is 24.4 Å². The molecule has 1 aliphatic rings. The zero-order chi connectivity index (χ0) is 20.1. The average molecular weight is 380 g/mol. The summed E-state index contributed by atoms with van der Waals surface area (Å²) in [6.07, 6.45) is 1.65. The van der Waals surface area contributed by atoms with Crippen molar-refractivity contribution >= 4 is 23.2 Å². The number of hydrogen-bond donors (Lipinski definition) is 1. The molecule has 5 nitrogen and oxygen atoms in total. The highest BCUT2D eigenvalue weighted by molar-refractivity contribution is 6.02. The number of carbonyl (C=O) groups is 2. The van der Waals surface area contributed by atoms with Gasteiger partial charge in [-0.1, -0.05) is 45.0 Å². The standard InChI is InChI=1S/C23H28N2O3/c1-23(2,3)17-10-12-18(13-11-17)28-16-14-21(26)24-19-7-4-5-8-20(19)25-15-6-9-22(25)27/h4-5,7-8,10-13H,6,9,14-16H2,1-3H3,(H,24,26). The van der Waals surface area contributed by atoms with Crippen LogP contribution >= 0.6 is 0 Å². The highest BCUT2D eigenvalue weighted by Crippen LogP contribution is 2.29. The summed E-state index contributed by atoms with van der Waals surface area (Å²) in [7, 11) is 0. The molecule has 1 fully saturated rings. The molecule has 0 unspecified atom stereocenters. The van der Waals surface area contributed by atoms with E-state index in [1.807, 2.05) is 36.4 Å². The van der Waals surface area contributed by atoms with Gasteiger partial charge >= 0.3 is 0 Å². The second-order valence-corrected chi connectivity index (χ2v) is 8.09. The smallest absolute Gasteiger partial charge is 0.227 e. The normalized spacial score (nSPS) is 14.2. The third-order valence-electron chi connectivity index (χ3n) is 4.86. The van der Waals surface area contributed by atoms with E-state index in [2.05, 4.69) is 38.2 Å². The number of para-hydroxylation sites is 2. The van der Waals surface area contributed by atoms with Crippen molar-refractivity contribution in [3.8, 4) is 5.75 Å². The van der Waals surface area contributed by atoms with E-state index in [1.54, 1.807) is 4.90 Å². The second-order valence-electron chi connectivity index (χ2n) is 8.09. The predicted molar refractivity (Wildman–Crippen MR) is 112 cm³/mol. The van der Waals surface area contributed by atoms with E-state index in [-0.39, 0.29) is 23.7 Å². The van der Waals surface area contributed by atoms with E-state index >= 15 is 0 Å². The maximum absolute atomic E-state index is 12.3. The fourth-order valence-electron chi connectivity index (χ4n) is 3.24. The van der Waals surface area contributed by atoms with Crippen LogP contribution < -0.4 is 15.0 Å². The van der Waals surface area contributed by atoms with Gasteiger partial charge in [-0.25, -0.2) is 0 Å². The van der Waals surface area contributed by atoms with Crippen LogP contribution in [0.3, 0.4) is 0 Å². The summed E-state index contributed by atoms with van der Waals surface area (Å²) in [6, 6.07) is 15.4. The van der Waals surface area contributed by atoms with Crippen molar-refractivity contribution < 1.29 is 14.3 Å². The minimum atomic E-state index is -0.134. The summed E-state index contributed by atoms with van der Waals surface area (Å²) in [5.41, 5.74) is 2.77. The Balaban J connectivity index is 1.53. The van der Waals surface area contributed by atoms with Crippen molar-refractivity contribution in [2.45, 2.75) is 45.4 Å². The van der Waals surface area contributed by atoms with Crippen LogP contribution in [0.15, 0.2) is 48.5 Å². The fourth-order valence-corrected chi connectivity index (χ4v) is 3.24. The first kappa shape index (κ1) is 19.9. The molecule has 1 N–H and O–H groups in total. The summed E-state index contributed by atoms with van der Waals surface area (Å²) < 4.78 is 5.70. The monoisotopic (exact) mass is 380 g/mol. The molecule has 2 aromatic rings. The summed E-state index contributed by atoms with van der Waals surface area (Å²) >= 11 is 0. The number of benzene rings is 2. The van der Waals surface area contributed by atoms with Crippen molar-refractivity contribution in [3.05, 3.63) is 54.1 Å². The SMILES string of the molecule is CC(C)(C)c1ccc(OCCC(=O)Nc2ccccc2N2CCCC2=O)cc1. The molecule has 5 heteroatoms. The topological polar surface area (TPSA) is 58.6 Å². The number of nitrogens with one attached hydrogen (secondary N) is 1. The molecule has 1 saturated heterocycles. The van der Waals surface area contributed by atoms with Gasteiger partial charge in [-0.2, -0.15) is 0 Å². The van der Waals surface area contributed by atoms with Crippen LogP contribution in [0.2, 0.25) is 0 Å². The van der Waals surface area contributed by atoms with E-state index in [0.717, 1.165) is 17.9 Å². The van der Waals surface area contributed by atoms with Gasteiger partial charge in [-0.05, 0) is 41.7 Å². The van der Waals surface area contributed by atoms with Crippen molar-refractivity contribution in [2.75, 3.05) is 23.4 Å². The number of hydrogen-bond acceptors (Lipinski definition) is 3. The lowest BCUT2D eigenvalue weighted by Crippen LogP contribution is -2.25. The van der Waals surface area contributed by atoms with Gasteiger partial charge in [0.1, 0.15) is 5.75 Å². The van der Waals surface area contributed by atoms with Crippen molar-refractivity contribution in [1.29, 1.82) is 0 Å². The molecule has 0 spiro atoms. The Kier molecular flexibility index (Phi) is 6.02. The maximum atomic E-state index is 12.3. The number of anilines is 2. The number of carbonyl (C=O) groups excluding carboxylic acids is 2. The summed E-state index contributed by atoms with van der Waals surface area (Å²) in [4.78, 5) is 26.1. The molecule has 1 aliphatic heterocycles. The molecular weight excluding hydrogens is 352 g/mol. The zero-order valence-electron chi connectivity index (χ0n) is 16.8. The first-order valence-electron chi connectivity index (χ1n) is 9.77. The third kappa shape index (κ3) is 4.91. The van der Waals surface area contributed by atoms with Crippen LogP contribution in [0.25, 0.3) is 0 Å². The zero-order valence-corrected chi connectivity index (χ0v) is 16.8. The van der Waals surface area contributed by atoms with E-state index in [0.29, 0.717) is 25.3 Å². The van der Waals surface area contributed by atoms with Crippen LogP contribution in [-0.2, 0) is 15.0 Å². The number of rotatable bonds is 6. The lowest BCUT2D eigenvalue weighted by Gasteiger charge is -2.20. The molecule has 1 heterocycles. The van der Waals surface area contributed by atoms with Crippen LogP contribution in [0.4, 0.5) is 11.4 Å². The fraction of sp³-hybridized carbons (Fsp3) is 0.391. The Hall–Kier alpha value is -2.82. The largest absolute Gasteiger partial charge is 0.493 e. The van der Waals surface area contributed by atoms with Gasteiger partial charge in [0.25, 0.3) is 0 Å². The molecule has 0 atom stereocenters. The molecule has 0 bridgehead atoms. The van der Waals surface area contributed by atoms with Gasteiger partial charge in [-0.15, -0.1) is 0 Å². The number of amides is 2. The van der Waals surface area contributed by atoms with Crippen LogP contribution in [0, 0.1) is 0 Å². The quantitative estimate of drug-likeness (QED) is 0.802. The van der Waals surface area contributed by atoms with E-state index in [1.165, 1.54) is 5.56 Å². The van der Waals surface area contributed by atoms with E-state index in [9.17, 15) is 9.59 Å². The predicted octanol–water partition coefficient (Wildman–Crippen LogP) is 4.52. The Morgan fingerprint density at radius 1 is 1.11 bits per heavy atom.